The summed E-state index contributed by atoms with van der Waals surface area (Å²) in [6.45, 7) is 12.6. The lowest BCUT2D eigenvalue weighted by molar-refractivity contribution is 0.0665. The summed E-state index contributed by atoms with van der Waals surface area (Å²) >= 11 is 6.94. The van der Waals surface area contributed by atoms with Crippen molar-refractivity contribution in [3.05, 3.63) is 124 Å². The smallest absolute Gasteiger partial charge is 0.104 e. The summed E-state index contributed by atoms with van der Waals surface area (Å²) < 4.78 is 12.1. The Hall–Kier alpha value is -2.74. The number of allylic oxidation sites excluding steroid dienone is 7. The Balaban J connectivity index is 1.59. The molecule has 0 bridgehead atoms. The first-order valence-electron chi connectivity index (χ1n) is 13.5. The molecule has 0 N–H and O–H groups in total. The van der Waals surface area contributed by atoms with E-state index >= 15 is 0 Å². The van der Waals surface area contributed by atoms with Gasteiger partial charge in [0.05, 0.1) is 11.6 Å². The number of methoxy groups -OCH3 is 1. The van der Waals surface area contributed by atoms with Crippen LogP contribution in [-0.4, -0.2) is 24.8 Å². The average Bonchev–Trinajstić information content (AvgIpc) is 2.95. The van der Waals surface area contributed by atoms with E-state index in [1.165, 1.54) is 5.56 Å². The zero-order valence-corrected chi connectivity index (χ0v) is 25.3. The Bertz CT molecular complexity index is 1400. The number of benzene rings is 2. The molecule has 2 aliphatic rings. The number of hydrogen-bond acceptors (Lipinski definition) is 2. The van der Waals surface area contributed by atoms with E-state index in [1.54, 1.807) is 7.11 Å². The van der Waals surface area contributed by atoms with Crippen molar-refractivity contribution < 1.29 is 9.47 Å². The van der Waals surface area contributed by atoms with E-state index in [0.29, 0.717) is 5.92 Å². The van der Waals surface area contributed by atoms with Gasteiger partial charge in [-0.1, -0.05) is 93.8 Å². The van der Waals surface area contributed by atoms with E-state index in [1.807, 2.05) is 13.8 Å². The molecule has 0 heterocycles. The zero-order chi connectivity index (χ0) is 28.1. The van der Waals surface area contributed by atoms with Gasteiger partial charge in [0.25, 0.3) is 0 Å². The normalized spacial score (nSPS) is 19.9. The SMILES string of the molecule is C=C(C)C(OC1C=CC(C)=C(C(=P)OC)C1)C(=CC)c1cc(Cl)c(-c2ccc(C3C=CC=CC3)cc2)cc1C. The Morgan fingerprint density at radius 2 is 1.87 bits per heavy atom. The fourth-order valence-electron chi connectivity index (χ4n) is 5.30. The van der Waals surface area contributed by atoms with Crippen LogP contribution in [-0.2, 0) is 9.47 Å². The molecule has 0 spiro atoms. The van der Waals surface area contributed by atoms with Crippen molar-refractivity contribution in [1.82, 2.24) is 0 Å². The summed E-state index contributed by atoms with van der Waals surface area (Å²) in [6.07, 6.45) is 16.4. The second kappa shape index (κ2) is 13.1. The van der Waals surface area contributed by atoms with Crippen molar-refractivity contribution in [1.29, 1.82) is 0 Å². The van der Waals surface area contributed by atoms with Gasteiger partial charge in [-0.3, -0.25) is 0 Å². The molecule has 4 heteroatoms. The van der Waals surface area contributed by atoms with Crippen molar-refractivity contribution in [2.24, 2.45) is 0 Å². The Morgan fingerprint density at radius 3 is 2.49 bits per heavy atom. The van der Waals surface area contributed by atoms with Gasteiger partial charge in [-0.15, -0.1) is 0 Å². The first kappa shape index (κ1) is 29.2. The average molecular weight is 557 g/mol. The number of ether oxygens (including phenoxy) is 2. The zero-order valence-electron chi connectivity index (χ0n) is 23.6. The predicted octanol–water partition coefficient (Wildman–Crippen LogP) is 9.84. The molecule has 4 rings (SSSR count). The van der Waals surface area contributed by atoms with Crippen molar-refractivity contribution >= 4 is 31.5 Å². The highest BCUT2D eigenvalue weighted by atomic mass is 35.5. The molecule has 0 aromatic heterocycles. The molecular formula is C35H38ClO2P. The third kappa shape index (κ3) is 6.71. The molecule has 2 nitrogen and oxygen atoms in total. The van der Waals surface area contributed by atoms with Gasteiger partial charge in [-0.25, -0.2) is 0 Å². The molecule has 39 heavy (non-hydrogen) atoms. The maximum Gasteiger partial charge on any atom is 0.104 e. The molecule has 0 amide bonds. The summed E-state index contributed by atoms with van der Waals surface area (Å²) in [4.78, 5) is 0. The molecule has 0 aliphatic heterocycles. The van der Waals surface area contributed by atoms with Crippen LogP contribution in [0.15, 0.2) is 102 Å². The van der Waals surface area contributed by atoms with Crippen LogP contribution in [0.25, 0.3) is 16.7 Å². The lowest BCUT2D eigenvalue weighted by Crippen LogP contribution is -2.26. The molecule has 2 aromatic rings. The third-order valence-corrected chi connectivity index (χ3v) is 8.35. The number of halogens is 1. The van der Waals surface area contributed by atoms with Crippen LogP contribution in [0.3, 0.4) is 0 Å². The van der Waals surface area contributed by atoms with E-state index in [-0.39, 0.29) is 12.2 Å². The summed E-state index contributed by atoms with van der Waals surface area (Å²) in [5.41, 5.74) is 10.7. The summed E-state index contributed by atoms with van der Waals surface area (Å²) in [5.74, 6) is 0.433. The standard InChI is InChI=1S/C35H38ClO2P/c1-7-29(34(22(2)3)38-28-18-13-23(4)31(20-28)35(39)37-6)30-21-33(36)32(19-24(30)5)27-16-14-26(15-17-27)25-11-9-8-10-12-25/h7-11,13-19,21,25,28,34,39H,2,12,20H2,1,3-6H3. The van der Waals surface area contributed by atoms with Crippen LogP contribution >= 0.6 is 20.5 Å². The Kier molecular flexibility index (Phi) is 9.81. The topological polar surface area (TPSA) is 18.5 Å². The van der Waals surface area contributed by atoms with Gasteiger partial charge in [0.15, 0.2) is 0 Å². The van der Waals surface area contributed by atoms with Gasteiger partial charge in [0.2, 0.25) is 0 Å². The quantitative estimate of drug-likeness (QED) is 0.226. The van der Waals surface area contributed by atoms with Gasteiger partial charge in [0, 0.05) is 30.0 Å². The van der Waals surface area contributed by atoms with Gasteiger partial charge in [0.1, 0.15) is 6.10 Å². The van der Waals surface area contributed by atoms with Crippen molar-refractivity contribution in [3.63, 3.8) is 0 Å². The number of aryl methyl sites for hydroxylation is 1. The molecule has 2 aliphatic carbocycles. The highest BCUT2D eigenvalue weighted by molar-refractivity contribution is 7.21. The highest BCUT2D eigenvalue weighted by Gasteiger charge is 2.26. The van der Waals surface area contributed by atoms with Crippen molar-refractivity contribution in [2.75, 3.05) is 7.11 Å². The maximum atomic E-state index is 6.94. The molecule has 0 fully saturated rings. The minimum atomic E-state index is -0.275. The molecule has 0 radical (unpaired) electrons. The van der Waals surface area contributed by atoms with Crippen molar-refractivity contribution in [3.8, 4) is 11.1 Å². The van der Waals surface area contributed by atoms with Crippen LogP contribution in [0.1, 0.15) is 56.2 Å². The van der Waals surface area contributed by atoms with Crippen LogP contribution < -0.4 is 0 Å². The predicted molar refractivity (Wildman–Crippen MR) is 171 cm³/mol. The lowest BCUT2D eigenvalue weighted by atomic mass is 9.89. The van der Waals surface area contributed by atoms with Crippen LogP contribution in [0.4, 0.5) is 0 Å². The van der Waals surface area contributed by atoms with E-state index in [4.69, 9.17) is 21.1 Å². The molecule has 0 saturated carbocycles. The first-order chi connectivity index (χ1) is 18.7. The lowest BCUT2D eigenvalue weighted by Gasteiger charge is -2.29. The number of hydrogen-bond donors (Lipinski definition) is 0. The molecule has 0 saturated heterocycles. The molecule has 202 valence electrons. The van der Waals surface area contributed by atoms with Gasteiger partial charge >= 0.3 is 0 Å². The van der Waals surface area contributed by atoms with Crippen LogP contribution in [0.2, 0.25) is 5.02 Å². The minimum absolute atomic E-state index is 0.107. The van der Waals surface area contributed by atoms with E-state index in [9.17, 15) is 0 Å². The second-order valence-electron chi connectivity index (χ2n) is 10.3. The number of rotatable bonds is 9. The highest BCUT2D eigenvalue weighted by Crippen LogP contribution is 2.38. The van der Waals surface area contributed by atoms with Gasteiger partial charge in [-0.05, 0) is 90.8 Å². The van der Waals surface area contributed by atoms with Crippen molar-refractivity contribution in [2.45, 2.75) is 58.7 Å². The fraction of sp³-hybridized carbons (Fsp3) is 0.286. The van der Waals surface area contributed by atoms with Crippen LogP contribution in [0, 0.1) is 6.92 Å². The second-order valence-corrected chi connectivity index (χ2v) is 11.2. The monoisotopic (exact) mass is 556 g/mol. The summed E-state index contributed by atoms with van der Waals surface area (Å²) in [5, 5.41) is 0.723. The van der Waals surface area contributed by atoms with Gasteiger partial charge in [-0.2, -0.15) is 0 Å². The third-order valence-electron chi connectivity index (χ3n) is 7.53. The fourth-order valence-corrected chi connectivity index (χ4v) is 5.87. The summed E-state index contributed by atoms with van der Waals surface area (Å²) in [7, 11) is 5.27. The minimum Gasteiger partial charge on any atom is -0.361 e. The Morgan fingerprint density at radius 1 is 1.13 bits per heavy atom. The van der Waals surface area contributed by atoms with Crippen LogP contribution in [0.5, 0.6) is 0 Å². The maximum absolute atomic E-state index is 6.94. The van der Waals surface area contributed by atoms with E-state index in [2.05, 4.69) is 108 Å². The summed E-state index contributed by atoms with van der Waals surface area (Å²) in [6, 6.07) is 13.0. The molecular weight excluding hydrogens is 519 g/mol. The van der Waals surface area contributed by atoms with Gasteiger partial charge < -0.3 is 9.47 Å². The molecule has 3 unspecified atom stereocenters. The molecule has 2 aromatic carbocycles. The first-order valence-corrected chi connectivity index (χ1v) is 14.3. The van der Waals surface area contributed by atoms with E-state index < -0.39 is 0 Å². The largest absolute Gasteiger partial charge is 0.361 e. The van der Waals surface area contributed by atoms with E-state index in [0.717, 1.165) is 67.9 Å². The Labute approximate surface area is 241 Å². The molecule has 3 atom stereocenters.